The second kappa shape index (κ2) is 7.74. The van der Waals surface area contributed by atoms with E-state index in [1.165, 1.54) is 12.1 Å². The molecule has 0 saturated heterocycles. The normalized spacial score (nSPS) is 42.1. The van der Waals surface area contributed by atoms with Crippen LogP contribution in [0.5, 0.6) is 5.75 Å². The summed E-state index contributed by atoms with van der Waals surface area (Å²) in [6, 6.07) is 5.91. The SMILES string of the molecule is CC12CCC(=O)C=C1CCC1C2[C@@H](O)CC2(C)C1CC[C@]2(O)C(=O)COc1ccccc1F. The number of carbonyl (C=O) groups is 2. The molecule has 5 unspecified atom stereocenters. The first-order chi connectivity index (χ1) is 15.6. The molecule has 6 heteroatoms. The number of carbonyl (C=O) groups excluding carboxylic acids is 2. The highest BCUT2D eigenvalue weighted by molar-refractivity contribution is 5.92. The van der Waals surface area contributed by atoms with Crippen molar-refractivity contribution in [2.75, 3.05) is 6.61 Å². The molecule has 4 aliphatic carbocycles. The van der Waals surface area contributed by atoms with E-state index in [1.807, 2.05) is 6.92 Å². The first-order valence-electron chi connectivity index (χ1n) is 12.1. The molecule has 0 heterocycles. The molecule has 33 heavy (non-hydrogen) atoms. The number of Topliss-reactive ketones (excluding diaryl/α,β-unsaturated/α-hetero) is 1. The summed E-state index contributed by atoms with van der Waals surface area (Å²) in [5.74, 6) is -0.527. The molecule has 5 rings (SSSR count). The Kier molecular flexibility index (Phi) is 5.33. The van der Waals surface area contributed by atoms with Crippen LogP contribution >= 0.6 is 0 Å². The number of hydrogen-bond donors (Lipinski definition) is 2. The van der Waals surface area contributed by atoms with E-state index in [0.717, 1.165) is 24.8 Å². The Labute approximate surface area is 194 Å². The first-order valence-corrected chi connectivity index (χ1v) is 12.1. The van der Waals surface area contributed by atoms with Crippen molar-refractivity contribution in [2.24, 2.45) is 28.6 Å². The number of rotatable bonds is 4. The molecule has 2 N–H and O–H groups in total. The van der Waals surface area contributed by atoms with Gasteiger partial charge in [-0.25, -0.2) is 4.39 Å². The van der Waals surface area contributed by atoms with Gasteiger partial charge >= 0.3 is 0 Å². The fourth-order valence-electron chi connectivity index (χ4n) is 7.97. The van der Waals surface area contributed by atoms with Gasteiger partial charge in [-0.2, -0.15) is 0 Å². The van der Waals surface area contributed by atoms with Gasteiger partial charge in [0.25, 0.3) is 0 Å². The third-order valence-electron chi connectivity index (χ3n) is 9.71. The predicted molar refractivity (Wildman–Crippen MR) is 120 cm³/mol. The molecule has 0 aliphatic heterocycles. The molecule has 1 aromatic rings. The maximum absolute atomic E-state index is 13.9. The molecule has 3 saturated carbocycles. The summed E-state index contributed by atoms with van der Waals surface area (Å²) in [6.45, 7) is 3.71. The molecular weight excluding hydrogens is 423 g/mol. The number of aliphatic hydroxyl groups is 2. The number of ether oxygens (including phenoxy) is 1. The summed E-state index contributed by atoms with van der Waals surface area (Å²) in [7, 11) is 0. The van der Waals surface area contributed by atoms with Gasteiger partial charge in [0.15, 0.2) is 17.3 Å². The van der Waals surface area contributed by atoms with Crippen LogP contribution < -0.4 is 4.74 Å². The van der Waals surface area contributed by atoms with Crippen LogP contribution in [0.2, 0.25) is 0 Å². The lowest BCUT2D eigenvalue weighted by Crippen LogP contribution is -2.62. The zero-order valence-corrected chi connectivity index (χ0v) is 19.4. The Morgan fingerprint density at radius 2 is 1.94 bits per heavy atom. The number of allylic oxidation sites excluding steroid dienone is 1. The third-order valence-corrected chi connectivity index (χ3v) is 9.71. The Bertz CT molecular complexity index is 1020. The second-order valence-electron chi connectivity index (χ2n) is 11.1. The molecule has 0 spiro atoms. The minimum absolute atomic E-state index is 0.00994. The van der Waals surface area contributed by atoms with E-state index in [0.29, 0.717) is 25.7 Å². The van der Waals surface area contributed by atoms with Crippen molar-refractivity contribution in [3.8, 4) is 5.75 Å². The summed E-state index contributed by atoms with van der Waals surface area (Å²) in [4.78, 5) is 25.3. The van der Waals surface area contributed by atoms with Crippen molar-refractivity contribution in [2.45, 2.75) is 70.5 Å². The van der Waals surface area contributed by atoms with Gasteiger partial charge in [0.05, 0.1) is 6.10 Å². The minimum Gasteiger partial charge on any atom is -0.483 e. The Balaban J connectivity index is 1.40. The van der Waals surface area contributed by atoms with Crippen molar-refractivity contribution in [1.29, 1.82) is 0 Å². The van der Waals surface area contributed by atoms with E-state index < -0.39 is 35.3 Å². The van der Waals surface area contributed by atoms with Crippen molar-refractivity contribution >= 4 is 11.6 Å². The molecule has 4 aliphatic rings. The highest BCUT2D eigenvalue weighted by Gasteiger charge is 2.68. The monoisotopic (exact) mass is 456 g/mol. The maximum Gasteiger partial charge on any atom is 0.202 e. The molecule has 0 aromatic heterocycles. The largest absolute Gasteiger partial charge is 0.483 e. The molecule has 0 amide bonds. The number of fused-ring (bicyclic) bond motifs is 5. The first kappa shape index (κ1) is 22.7. The smallest absolute Gasteiger partial charge is 0.202 e. The summed E-state index contributed by atoms with van der Waals surface area (Å²) < 4.78 is 19.4. The quantitative estimate of drug-likeness (QED) is 0.715. The average Bonchev–Trinajstić information content (AvgIpc) is 3.04. The van der Waals surface area contributed by atoms with Crippen LogP contribution in [-0.2, 0) is 9.59 Å². The number of aliphatic hydroxyl groups excluding tert-OH is 1. The van der Waals surface area contributed by atoms with Gasteiger partial charge in [-0.1, -0.05) is 31.6 Å². The van der Waals surface area contributed by atoms with E-state index in [4.69, 9.17) is 4.74 Å². The minimum atomic E-state index is -1.62. The van der Waals surface area contributed by atoms with E-state index in [9.17, 15) is 24.2 Å². The van der Waals surface area contributed by atoms with Gasteiger partial charge in [0, 0.05) is 11.8 Å². The van der Waals surface area contributed by atoms with E-state index >= 15 is 0 Å². The number of para-hydroxylation sites is 1. The third kappa shape index (κ3) is 3.24. The zero-order valence-electron chi connectivity index (χ0n) is 19.4. The highest BCUT2D eigenvalue weighted by Crippen LogP contribution is 2.67. The van der Waals surface area contributed by atoms with Gasteiger partial charge in [0.2, 0.25) is 5.78 Å². The van der Waals surface area contributed by atoms with Crippen molar-refractivity contribution in [1.82, 2.24) is 0 Å². The van der Waals surface area contributed by atoms with Crippen LogP contribution in [0.3, 0.4) is 0 Å². The lowest BCUT2D eigenvalue weighted by atomic mass is 9.45. The van der Waals surface area contributed by atoms with E-state index in [1.54, 1.807) is 18.2 Å². The molecule has 3 fully saturated rings. The van der Waals surface area contributed by atoms with E-state index in [2.05, 4.69) is 6.92 Å². The highest BCUT2D eigenvalue weighted by atomic mass is 19.1. The fraction of sp³-hybridized carbons (Fsp3) is 0.630. The lowest BCUT2D eigenvalue weighted by Gasteiger charge is -2.60. The summed E-state index contributed by atoms with van der Waals surface area (Å²) in [6.07, 6.45) is 5.43. The molecule has 1 aromatic carbocycles. The topological polar surface area (TPSA) is 83.8 Å². The second-order valence-corrected chi connectivity index (χ2v) is 11.1. The summed E-state index contributed by atoms with van der Waals surface area (Å²) in [5.41, 5.74) is -1.44. The lowest BCUT2D eigenvalue weighted by molar-refractivity contribution is -0.181. The molecule has 7 atom stereocenters. The molecule has 0 radical (unpaired) electrons. The van der Waals surface area contributed by atoms with Gasteiger partial charge < -0.3 is 14.9 Å². The molecular formula is C27H33FO5. The van der Waals surface area contributed by atoms with Crippen molar-refractivity contribution in [3.05, 3.63) is 41.7 Å². The van der Waals surface area contributed by atoms with Gasteiger partial charge in [-0.05, 0) is 79.9 Å². The number of halogens is 1. The summed E-state index contributed by atoms with van der Waals surface area (Å²) in [5, 5.41) is 23.1. The van der Waals surface area contributed by atoms with Crippen LogP contribution in [0.4, 0.5) is 4.39 Å². The van der Waals surface area contributed by atoms with Crippen LogP contribution in [0.1, 0.15) is 58.8 Å². The zero-order chi connectivity index (χ0) is 23.6. The predicted octanol–water partition coefficient (Wildman–Crippen LogP) is 4.01. The Morgan fingerprint density at radius 3 is 2.70 bits per heavy atom. The van der Waals surface area contributed by atoms with Crippen LogP contribution in [0.15, 0.2) is 35.9 Å². The van der Waals surface area contributed by atoms with Crippen molar-refractivity contribution in [3.63, 3.8) is 0 Å². The average molecular weight is 457 g/mol. The van der Waals surface area contributed by atoms with Crippen molar-refractivity contribution < 1.29 is 28.9 Å². The maximum atomic E-state index is 13.9. The fourth-order valence-corrected chi connectivity index (χ4v) is 7.97. The Hall–Kier alpha value is -2.05. The number of benzene rings is 1. The van der Waals surface area contributed by atoms with Crippen LogP contribution in [0, 0.1) is 34.4 Å². The van der Waals surface area contributed by atoms with Crippen LogP contribution in [-0.4, -0.2) is 40.1 Å². The molecule has 5 nitrogen and oxygen atoms in total. The Morgan fingerprint density at radius 1 is 1.18 bits per heavy atom. The summed E-state index contributed by atoms with van der Waals surface area (Å²) >= 11 is 0. The van der Waals surface area contributed by atoms with Crippen LogP contribution in [0.25, 0.3) is 0 Å². The van der Waals surface area contributed by atoms with Gasteiger partial charge in [-0.15, -0.1) is 0 Å². The molecule has 0 bridgehead atoms. The van der Waals surface area contributed by atoms with E-state index in [-0.39, 0.29) is 34.7 Å². The number of hydrogen-bond acceptors (Lipinski definition) is 5. The standard InChI is InChI=1S/C27H33FO5/c1-25-11-9-17(29)13-16(25)7-8-18-19-10-12-27(32,26(19,2)14-21(30)24(18)25)23(31)15-33-22-6-4-3-5-20(22)28/h3-6,13,18-19,21,24,30,32H,7-12,14-15H2,1-2H3/t18?,19?,21-,24?,25?,26?,27-/m0/s1. The van der Waals surface area contributed by atoms with Gasteiger partial charge in [0.1, 0.15) is 12.2 Å². The van der Waals surface area contributed by atoms with Gasteiger partial charge in [-0.3, -0.25) is 9.59 Å². The number of ketones is 2. The molecule has 178 valence electrons.